The van der Waals surface area contributed by atoms with Crippen molar-refractivity contribution >= 4 is 12.1 Å². The molecule has 0 fully saturated rings. The van der Waals surface area contributed by atoms with Gasteiger partial charge in [0.15, 0.2) is 0 Å². The number of nitrogens with zero attached hydrogens (tertiary/aromatic N) is 2. The summed E-state index contributed by atoms with van der Waals surface area (Å²) in [5, 5.41) is 12.2. The van der Waals surface area contributed by atoms with Crippen LogP contribution in [-0.2, 0) is 34.0 Å². The second-order valence-corrected chi connectivity index (χ2v) is 9.27. The monoisotopic (exact) mass is 527 g/mol. The molecule has 0 spiro atoms. The third-order valence-corrected chi connectivity index (χ3v) is 6.70. The summed E-state index contributed by atoms with van der Waals surface area (Å²) in [5.74, 6) is -0.508. The van der Waals surface area contributed by atoms with Crippen molar-refractivity contribution in [2.24, 2.45) is 0 Å². The summed E-state index contributed by atoms with van der Waals surface area (Å²) < 4.78 is 18.1. The van der Waals surface area contributed by atoms with E-state index in [0.717, 1.165) is 33.6 Å². The molecule has 1 aromatic heterocycles. The lowest BCUT2D eigenvalue weighted by Crippen LogP contribution is -2.43. The number of carbonyl (C=O) groups is 2. The molecule has 5 rings (SSSR count). The quantitative estimate of drug-likeness (QED) is 0.293. The maximum Gasteiger partial charge on any atom is 0.407 e. The van der Waals surface area contributed by atoms with Crippen molar-refractivity contribution < 1.29 is 28.9 Å². The van der Waals surface area contributed by atoms with Crippen LogP contribution in [-0.4, -0.2) is 46.5 Å². The number of aliphatic carboxylic acids is 1. The highest BCUT2D eigenvalue weighted by atomic mass is 16.5. The fraction of sp³-hybridized carbons (Fsp3) is 0.233. The topological polar surface area (TPSA) is 112 Å². The van der Waals surface area contributed by atoms with Crippen LogP contribution < -0.4 is 10.1 Å². The zero-order valence-electron chi connectivity index (χ0n) is 21.4. The van der Waals surface area contributed by atoms with Crippen LogP contribution in [0.1, 0.15) is 28.3 Å². The number of carbonyl (C=O) groups excluding carboxylic acids is 1. The number of amides is 1. The van der Waals surface area contributed by atoms with Gasteiger partial charge in [0.2, 0.25) is 0 Å². The molecule has 1 aliphatic carbocycles. The number of hydrogen-bond acceptors (Lipinski definition) is 6. The molecule has 1 aliphatic rings. The Morgan fingerprint density at radius 3 is 2.31 bits per heavy atom. The normalized spacial score (nSPS) is 12.8. The van der Waals surface area contributed by atoms with Crippen LogP contribution >= 0.6 is 0 Å². The SMILES string of the molecule is COc1ccc(COCn2cnc(C[C@@H](NC(=O)OCC3c4ccccc4-c4ccccc43)C(=O)O)c2)cc1. The third-order valence-electron chi connectivity index (χ3n) is 6.70. The Balaban J connectivity index is 1.13. The fourth-order valence-electron chi connectivity index (χ4n) is 4.76. The van der Waals surface area contributed by atoms with Gasteiger partial charge in [0.1, 0.15) is 25.1 Å². The molecule has 9 heteroatoms. The number of benzene rings is 3. The van der Waals surface area contributed by atoms with Gasteiger partial charge in [-0.3, -0.25) is 0 Å². The van der Waals surface area contributed by atoms with Crippen LogP contribution in [0, 0.1) is 0 Å². The summed E-state index contributed by atoms with van der Waals surface area (Å²) in [4.78, 5) is 28.7. The molecular formula is C30H29N3O6. The highest BCUT2D eigenvalue weighted by Crippen LogP contribution is 2.44. The molecule has 0 bridgehead atoms. The van der Waals surface area contributed by atoms with Crippen molar-refractivity contribution in [3.05, 3.63) is 108 Å². The maximum atomic E-state index is 12.6. The van der Waals surface area contributed by atoms with Crippen molar-refractivity contribution in [2.75, 3.05) is 13.7 Å². The summed E-state index contributed by atoms with van der Waals surface area (Å²) in [6, 6.07) is 22.4. The average Bonchev–Trinajstić information content (AvgIpc) is 3.54. The minimum atomic E-state index is -1.19. The van der Waals surface area contributed by atoms with Crippen LogP contribution in [0.5, 0.6) is 5.75 Å². The predicted octanol–water partition coefficient (Wildman–Crippen LogP) is 4.60. The lowest BCUT2D eigenvalue weighted by molar-refractivity contribution is -0.139. The molecule has 0 saturated heterocycles. The fourth-order valence-corrected chi connectivity index (χ4v) is 4.76. The van der Waals surface area contributed by atoms with Crippen LogP contribution in [0.25, 0.3) is 11.1 Å². The van der Waals surface area contributed by atoms with E-state index in [0.29, 0.717) is 12.3 Å². The first-order valence-corrected chi connectivity index (χ1v) is 12.6. The first-order chi connectivity index (χ1) is 19.0. The highest BCUT2D eigenvalue weighted by Gasteiger charge is 2.30. The van der Waals surface area contributed by atoms with Crippen molar-refractivity contribution in [1.82, 2.24) is 14.9 Å². The van der Waals surface area contributed by atoms with Crippen LogP contribution in [0.4, 0.5) is 4.79 Å². The minimum absolute atomic E-state index is 0.00497. The van der Waals surface area contributed by atoms with Gasteiger partial charge in [0.25, 0.3) is 0 Å². The Bertz CT molecular complexity index is 1400. The summed E-state index contributed by atoms with van der Waals surface area (Å²) in [5.41, 5.74) is 5.91. The van der Waals surface area contributed by atoms with Gasteiger partial charge in [-0.05, 0) is 39.9 Å². The molecule has 0 unspecified atom stereocenters. The van der Waals surface area contributed by atoms with Crippen molar-refractivity contribution in [1.29, 1.82) is 0 Å². The largest absolute Gasteiger partial charge is 0.497 e. The maximum absolute atomic E-state index is 12.6. The number of rotatable bonds is 11. The molecule has 1 amide bonds. The number of hydrogen-bond donors (Lipinski definition) is 2. The van der Waals surface area contributed by atoms with Gasteiger partial charge in [-0.15, -0.1) is 0 Å². The Labute approximate surface area is 226 Å². The van der Waals surface area contributed by atoms with E-state index in [9.17, 15) is 14.7 Å². The Kier molecular flexibility index (Phi) is 7.88. The number of nitrogens with one attached hydrogen (secondary N) is 1. The van der Waals surface area contributed by atoms with Crippen molar-refractivity contribution in [3.63, 3.8) is 0 Å². The zero-order valence-corrected chi connectivity index (χ0v) is 21.4. The second kappa shape index (κ2) is 11.8. The van der Waals surface area contributed by atoms with E-state index < -0.39 is 18.1 Å². The summed E-state index contributed by atoms with van der Waals surface area (Å²) in [6.07, 6.45) is 2.48. The molecule has 39 heavy (non-hydrogen) atoms. The molecule has 0 aliphatic heterocycles. The smallest absolute Gasteiger partial charge is 0.407 e. The van der Waals surface area contributed by atoms with E-state index in [1.807, 2.05) is 60.7 Å². The zero-order chi connectivity index (χ0) is 27.2. The Morgan fingerprint density at radius 1 is 1.00 bits per heavy atom. The van der Waals surface area contributed by atoms with Crippen molar-refractivity contribution in [2.45, 2.75) is 31.7 Å². The van der Waals surface area contributed by atoms with Crippen LogP contribution in [0.3, 0.4) is 0 Å². The van der Waals surface area contributed by atoms with E-state index in [2.05, 4.69) is 22.4 Å². The van der Waals surface area contributed by atoms with E-state index in [-0.39, 0.29) is 25.7 Å². The number of methoxy groups -OCH3 is 1. The molecule has 2 N–H and O–H groups in total. The van der Waals surface area contributed by atoms with Gasteiger partial charge in [0, 0.05) is 18.5 Å². The molecule has 0 radical (unpaired) electrons. The first kappa shape index (κ1) is 26.0. The molecule has 4 aromatic rings. The Hall–Kier alpha value is -4.63. The number of aromatic nitrogens is 2. The molecule has 1 heterocycles. The van der Waals surface area contributed by atoms with E-state index in [4.69, 9.17) is 14.2 Å². The number of imidazole rings is 1. The molecule has 1 atom stereocenters. The number of ether oxygens (including phenoxy) is 3. The minimum Gasteiger partial charge on any atom is -0.497 e. The second-order valence-electron chi connectivity index (χ2n) is 9.27. The number of carboxylic acids is 1. The van der Waals surface area contributed by atoms with Crippen LogP contribution in [0.15, 0.2) is 85.3 Å². The van der Waals surface area contributed by atoms with Crippen LogP contribution in [0.2, 0.25) is 0 Å². The lowest BCUT2D eigenvalue weighted by Gasteiger charge is -2.17. The number of alkyl carbamates (subject to hydrolysis) is 1. The summed E-state index contributed by atoms with van der Waals surface area (Å²) in [6.45, 7) is 0.752. The van der Waals surface area contributed by atoms with Crippen molar-refractivity contribution in [3.8, 4) is 16.9 Å². The third kappa shape index (κ3) is 6.10. The van der Waals surface area contributed by atoms with Gasteiger partial charge < -0.3 is 29.2 Å². The highest BCUT2D eigenvalue weighted by molar-refractivity contribution is 5.81. The molecule has 200 valence electrons. The van der Waals surface area contributed by atoms with Gasteiger partial charge in [0.05, 0.1) is 25.7 Å². The Morgan fingerprint density at radius 2 is 1.67 bits per heavy atom. The standard InChI is InChI=1S/C30H29N3O6/c1-37-22-12-10-20(11-13-22)16-38-19-33-15-21(31-18-33)14-28(29(34)35)32-30(36)39-17-27-25-8-4-2-6-23(25)24-7-3-5-9-26(24)27/h2-13,15,18,27-28H,14,16-17,19H2,1H3,(H,32,36)(H,34,35)/t28-/m1/s1. The number of carboxylic acid groups (broad SMARTS) is 1. The summed E-state index contributed by atoms with van der Waals surface area (Å²) in [7, 11) is 1.62. The van der Waals surface area contributed by atoms with E-state index in [1.165, 1.54) is 0 Å². The summed E-state index contributed by atoms with van der Waals surface area (Å²) >= 11 is 0. The molecule has 0 saturated carbocycles. The molecule has 9 nitrogen and oxygen atoms in total. The van der Waals surface area contributed by atoms with Gasteiger partial charge in [-0.1, -0.05) is 60.7 Å². The first-order valence-electron chi connectivity index (χ1n) is 12.6. The number of fused-ring (bicyclic) bond motifs is 3. The lowest BCUT2D eigenvalue weighted by atomic mass is 9.98. The van der Waals surface area contributed by atoms with Gasteiger partial charge in [-0.2, -0.15) is 0 Å². The average molecular weight is 528 g/mol. The van der Waals surface area contributed by atoms with E-state index in [1.54, 1.807) is 24.2 Å². The van der Waals surface area contributed by atoms with Gasteiger partial charge in [-0.25, -0.2) is 14.6 Å². The molecule has 3 aromatic carbocycles. The van der Waals surface area contributed by atoms with Gasteiger partial charge >= 0.3 is 12.1 Å². The van der Waals surface area contributed by atoms with E-state index >= 15 is 0 Å². The predicted molar refractivity (Wildman–Crippen MR) is 143 cm³/mol. The molecular weight excluding hydrogens is 498 g/mol.